The van der Waals surface area contributed by atoms with Gasteiger partial charge in [0.1, 0.15) is 11.9 Å². The minimum atomic E-state index is -3.98. The van der Waals surface area contributed by atoms with Gasteiger partial charge in [-0.1, -0.05) is 27.7 Å². The van der Waals surface area contributed by atoms with Crippen molar-refractivity contribution in [3.63, 3.8) is 0 Å². The van der Waals surface area contributed by atoms with E-state index >= 15 is 0 Å². The van der Waals surface area contributed by atoms with Crippen molar-refractivity contribution >= 4 is 21.7 Å². The van der Waals surface area contributed by atoms with Crippen LogP contribution in [0.2, 0.25) is 18.1 Å². The molecular weight excluding hydrogens is 271 g/mol. The second-order valence-corrected chi connectivity index (χ2v) is 12.4. The van der Waals surface area contributed by atoms with Crippen molar-refractivity contribution in [3.05, 3.63) is 0 Å². The summed E-state index contributed by atoms with van der Waals surface area (Å²) in [6.07, 6.45) is 0.464. The van der Waals surface area contributed by atoms with E-state index in [1.165, 1.54) is 0 Å². The van der Waals surface area contributed by atoms with E-state index in [0.717, 1.165) is 0 Å². The molecule has 0 aromatic rings. The fraction of sp³-hybridized carbons (Fsp3) is 0.909. The second-order valence-electron chi connectivity index (χ2n) is 6.00. The van der Waals surface area contributed by atoms with E-state index in [1.54, 1.807) is 0 Å². The van der Waals surface area contributed by atoms with E-state index in [2.05, 4.69) is 4.67 Å². The van der Waals surface area contributed by atoms with Gasteiger partial charge in [-0.3, -0.25) is 13.9 Å². The molecule has 0 aromatic heterocycles. The van der Waals surface area contributed by atoms with Crippen molar-refractivity contribution in [2.24, 2.45) is 0 Å². The number of hydrogen-bond acceptors (Lipinski definition) is 4. The largest absolute Gasteiger partial charge is 0.361 e. The molecule has 0 heterocycles. The fourth-order valence-electron chi connectivity index (χ4n) is 0.884. The van der Waals surface area contributed by atoms with Gasteiger partial charge in [0.25, 0.3) is 0 Å². The molecule has 0 rings (SSSR count). The van der Waals surface area contributed by atoms with Crippen molar-refractivity contribution in [3.8, 4) is 0 Å². The summed E-state index contributed by atoms with van der Waals surface area (Å²) in [4.78, 5) is 20.9. The maximum Gasteiger partial charge on any atom is 0.361 e. The quantitative estimate of drug-likeness (QED) is 0.337. The van der Waals surface area contributed by atoms with Gasteiger partial charge in [0.15, 0.2) is 0 Å². The Labute approximate surface area is 110 Å². The summed E-state index contributed by atoms with van der Waals surface area (Å²) in [6, 6.07) is 0. The highest BCUT2D eigenvalue weighted by molar-refractivity contribution is 7.53. The van der Waals surface area contributed by atoms with Gasteiger partial charge < -0.3 is 4.89 Å². The third-order valence-corrected chi connectivity index (χ3v) is 8.39. The van der Waals surface area contributed by atoms with Crippen LogP contribution in [0, 0.1) is 0 Å². The molecule has 0 spiro atoms. The van der Waals surface area contributed by atoms with Gasteiger partial charge in [-0.05, 0) is 24.6 Å². The maximum atomic E-state index is 11.7. The van der Waals surface area contributed by atoms with Crippen molar-refractivity contribution in [2.75, 3.05) is 6.16 Å². The fourth-order valence-corrected chi connectivity index (χ4v) is 3.00. The molecule has 1 N–H and O–H groups in total. The molecule has 0 aliphatic rings. The number of carbonyl (C=O) groups excluding carboxylic acids is 1. The summed E-state index contributed by atoms with van der Waals surface area (Å²) >= 11 is 0. The molecule has 0 radical (unpaired) electrons. The molecule has 0 aliphatic heterocycles. The summed E-state index contributed by atoms with van der Waals surface area (Å²) in [5, 5.41) is -0.125. The second kappa shape index (κ2) is 6.44. The van der Waals surface area contributed by atoms with Crippen LogP contribution >= 0.6 is 7.60 Å². The standard InChI is InChI=1S/C11H25O5PSi/c1-7-8-10(12)9-17(13,14)15-16-18(5,6)11(2,3)4/h7-9H2,1-6H3,(H,13,14). The molecule has 0 saturated heterocycles. The van der Waals surface area contributed by atoms with Crippen LogP contribution in [0.3, 0.4) is 0 Å². The Balaban J connectivity index is 4.44. The lowest BCUT2D eigenvalue weighted by Gasteiger charge is -2.34. The molecule has 0 fully saturated rings. The lowest BCUT2D eigenvalue weighted by atomic mass is 10.2. The molecule has 0 aromatic carbocycles. The van der Waals surface area contributed by atoms with Crippen LogP contribution in [0.1, 0.15) is 40.5 Å². The normalized spacial score (nSPS) is 16.4. The predicted octanol–water partition coefficient (Wildman–Crippen LogP) is 3.49. The average molecular weight is 296 g/mol. The van der Waals surface area contributed by atoms with E-state index in [1.807, 2.05) is 40.8 Å². The van der Waals surface area contributed by atoms with Gasteiger partial charge in [-0.25, -0.2) is 0 Å². The number of rotatable bonds is 7. The van der Waals surface area contributed by atoms with E-state index in [4.69, 9.17) is 4.58 Å². The number of ketones is 1. The van der Waals surface area contributed by atoms with Crippen LogP contribution in [0.15, 0.2) is 0 Å². The van der Waals surface area contributed by atoms with Gasteiger partial charge in [-0.15, -0.1) is 0 Å². The van der Waals surface area contributed by atoms with Gasteiger partial charge in [-0.2, -0.15) is 4.67 Å². The minimum absolute atomic E-state index is 0.125. The van der Waals surface area contributed by atoms with Crippen LogP contribution in [-0.4, -0.2) is 25.2 Å². The lowest BCUT2D eigenvalue weighted by Crippen LogP contribution is -2.40. The van der Waals surface area contributed by atoms with Crippen LogP contribution < -0.4 is 0 Å². The number of hydrogen-bond donors (Lipinski definition) is 1. The van der Waals surface area contributed by atoms with E-state index < -0.39 is 22.1 Å². The summed E-state index contributed by atoms with van der Waals surface area (Å²) in [5.74, 6) is -0.276. The van der Waals surface area contributed by atoms with Crippen molar-refractivity contribution in [2.45, 2.75) is 58.7 Å². The molecule has 5 nitrogen and oxygen atoms in total. The lowest BCUT2D eigenvalue weighted by molar-refractivity contribution is -0.128. The molecule has 1 atom stereocenters. The first-order valence-electron chi connectivity index (χ1n) is 6.12. The first-order chi connectivity index (χ1) is 7.91. The molecule has 1 unspecified atom stereocenters. The Hall–Kier alpha value is -0.00312. The van der Waals surface area contributed by atoms with Crippen LogP contribution in [0.4, 0.5) is 0 Å². The third-order valence-electron chi connectivity index (χ3n) is 3.07. The topological polar surface area (TPSA) is 72.8 Å². The summed E-state index contributed by atoms with van der Waals surface area (Å²) in [6.45, 7) is 11.6. The van der Waals surface area contributed by atoms with E-state index in [0.29, 0.717) is 6.42 Å². The van der Waals surface area contributed by atoms with Crippen LogP contribution in [0.5, 0.6) is 0 Å². The van der Waals surface area contributed by atoms with Crippen molar-refractivity contribution in [1.82, 2.24) is 0 Å². The first kappa shape index (κ1) is 18.0. The Morgan fingerprint density at radius 2 is 1.83 bits per heavy atom. The Morgan fingerprint density at radius 3 is 2.22 bits per heavy atom. The van der Waals surface area contributed by atoms with Gasteiger partial charge in [0.05, 0.1) is 0 Å². The van der Waals surface area contributed by atoms with E-state index in [9.17, 15) is 14.3 Å². The molecule has 0 aliphatic carbocycles. The monoisotopic (exact) mass is 296 g/mol. The zero-order valence-electron chi connectivity index (χ0n) is 12.1. The Morgan fingerprint density at radius 1 is 1.33 bits per heavy atom. The highest BCUT2D eigenvalue weighted by Crippen LogP contribution is 2.46. The summed E-state index contributed by atoms with van der Waals surface area (Å²) < 4.78 is 21.6. The number of Topliss-reactive ketones (excluding diaryl/α,β-unsaturated/α-hetero) is 1. The predicted molar refractivity (Wildman–Crippen MR) is 74.0 cm³/mol. The van der Waals surface area contributed by atoms with Gasteiger partial charge in [0.2, 0.25) is 8.32 Å². The third kappa shape index (κ3) is 6.25. The average Bonchev–Trinajstić information content (AvgIpc) is 2.13. The zero-order chi connectivity index (χ0) is 14.6. The molecular formula is C11H25O5PSi. The SMILES string of the molecule is CCCC(=O)CP(=O)(O)OO[Si](C)(C)C(C)(C)C. The summed E-state index contributed by atoms with van der Waals surface area (Å²) in [7, 11) is -6.23. The Kier molecular flexibility index (Phi) is 6.43. The smallest absolute Gasteiger partial charge is 0.322 e. The molecule has 18 heavy (non-hydrogen) atoms. The molecule has 0 bridgehead atoms. The highest BCUT2D eigenvalue weighted by atomic mass is 31.2. The molecule has 7 heteroatoms. The van der Waals surface area contributed by atoms with Crippen molar-refractivity contribution < 1.29 is 23.5 Å². The number of carbonyl (C=O) groups is 1. The molecule has 108 valence electrons. The Bertz CT molecular complexity index is 335. The highest BCUT2D eigenvalue weighted by Gasteiger charge is 2.41. The summed E-state index contributed by atoms with van der Waals surface area (Å²) in [5.41, 5.74) is 0. The van der Waals surface area contributed by atoms with E-state index in [-0.39, 0.29) is 17.2 Å². The van der Waals surface area contributed by atoms with Crippen LogP contribution in [-0.2, 0) is 18.6 Å². The minimum Gasteiger partial charge on any atom is -0.322 e. The molecule has 0 saturated carbocycles. The van der Waals surface area contributed by atoms with Gasteiger partial charge in [0, 0.05) is 6.42 Å². The van der Waals surface area contributed by atoms with Crippen LogP contribution in [0.25, 0.3) is 0 Å². The maximum absolute atomic E-state index is 11.7. The van der Waals surface area contributed by atoms with Gasteiger partial charge >= 0.3 is 7.60 Å². The first-order valence-corrected chi connectivity index (χ1v) is 10.8. The van der Waals surface area contributed by atoms with Crippen molar-refractivity contribution in [1.29, 1.82) is 0 Å². The molecule has 0 amide bonds. The zero-order valence-corrected chi connectivity index (χ0v) is 14.0.